The van der Waals surface area contributed by atoms with Crippen molar-refractivity contribution in [2.75, 3.05) is 38.4 Å². The molecule has 1 saturated heterocycles. The Balaban J connectivity index is 0.00000240. The van der Waals surface area contributed by atoms with Crippen LogP contribution in [0, 0.1) is 5.92 Å². The van der Waals surface area contributed by atoms with E-state index < -0.39 is 0 Å². The lowest BCUT2D eigenvalue weighted by Gasteiger charge is -2.19. The van der Waals surface area contributed by atoms with Crippen LogP contribution >= 0.6 is 39.9 Å². The number of hydrogen-bond acceptors (Lipinski definition) is 4. The molecule has 0 aliphatic carbocycles. The van der Waals surface area contributed by atoms with Crippen molar-refractivity contribution in [3.63, 3.8) is 0 Å². The summed E-state index contributed by atoms with van der Waals surface area (Å²) < 4.78 is 11.9. The van der Waals surface area contributed by atoms with Gasteiger partial charge in [-0.25, -0.2) is 0 Å². The first kappa shape index (κ1) is 22.0. The topological polar surface area (TPSA) is 58.1 Å². The number of guanidine groups is 1. The Hall–Kier alpha value is -1.68. The van der Waals surface area contributed by atoms with Crippen LogP contribution in [-0.2, 0) is 6.54 Å². The normalized spacial score (nSPS) is 17.8. The quantitative estimate of drug-likeness (QED) is 0.322. The molecule has 0 amide bonds. The zero-order valence-electron chi connectivity index (χ0n) is 16.4. The molecule has 1 atom stereocenters. The van der Waals surface area contributed by atoms with Gasteiger partial charge in [0.1, 0.15) is 0 Å². The molecule has 6 nitrogen and oxygen atoms in total. The molecule has 2 aliphatic rings. The highest BCUT2D eigenvalue weighted by Crippen LogP contribution is 2.32. The smallest absolute Gasteiger partial charge is 0.231 e. The van der Waals surface area contributed by atoms with Crippen LogP contribution in [-0.4, -0.2) is 39.4 Å². The summed E-state index contributed by atoms with van der Waals surface area (Å²) in [4.78, 5) is 6.79. The van der Waals surface area contributed by atoms with E-state index in [1.165, 1.54) is 12.1 Å². The summed E-state index contributed by atoms with van der Waals surface area (Å²) in [6, 6.07) is 14.5. The van der Waals surface area contributed by atoms with Gasteiger partial charge in [0, 0.05) is 43.4 Å². The van der Waals surface area contributed by atoms with Crippen LogP contribution in [0.4, 0.5) is 5.69 Å². The van der Waals surface area contributed by atoms with Crippen LogP contribution in [0.15, 0.2) is 51.9 Å². The summed E-state index contributed by atoms with van der Waals surface area (Å²) in [6.45, 7) is 4.04. The highest BCUT2D eigenvalue weighted by Gasteiger charge is 2.23. The van der Waals surface area contributed by atoms with E-state index in [2.05, 4.69) is 60.7 Å². The molecule has 4 rings (SSSR count). The van der Waals surface area contributed by atoms with E-state index in [0.717, 1.165) is 47.1 Å². The number of hydrogen-bond donors (Lipinski definition) is 2. The minimum Gasteiger partial charge on any atom is -0.454 e. The van der Waals surface area contributed by atoms with Crippen molar-refractivity contribution in [2.45, 2.75) is 13.0 Å². The van der Waals surface area contributed by atoms with Crippen LogP contribution in [0.3, 0.4) is 0 Å². The Labute approximate surface area is 197 Å². The van der Waals surface area contributed by atoms with E-state index >= 15 is 0 Å². The van der Waals surface area contributed by atoms with Gasteiger partial charge in [-0.2, -0.15) is 0 Å². The van der Waals surface area contributed by atoms with Crippen LogP contribution in [0.1, 0.15) is 12.0 Å². The zero-order chi connectivity index (χ0) is 19.3. The standard InChI is InChI=1S/C21H25BrN4O2.HI/c1-23-21(24-11-15-5-6-19-20(9-15)28-14-27-19)25-12-16-7-8-26(13-16)18-4-2-3-17(22)10-18;/h2-6,9-10,16H,7-8,11-14H2,1H3,(H2,23,24,25);1H. The van der Waals surface area contributed by atoms with E-state index in [1.807, 2.05) is 18.2 Å². The number of nitrogens with zero attached hydrogens (tertiary/aromatic N) is 2. The molecule has 2 aromatic rings. The number of benzene rings is 2. The second kappa shape index (κ2) is 10.4. The van der Waals surface area contributed by atoms with Gasteiger partial charge in [-0.3, -0.25) is 4.99 Å². The predicted molar refractivity (Wildman–Crippen MR) is 131 cm³/mol. The summed E-state index contributed by atoms with van der Waals surface area (Å²) >= 11 is 3.56. The summed E-state index contributed by atoms with van der Waals surface area (Å²) in [5.74, 6) is 3.03. The van der Waals surface area contributed by atoms with Crippen molar-refractivity contribution < 1.29 is 9.47 Å². The van der Waals surface area contributed by atoms with Gasteiger partial charge in [0.15, 0.2) is 17.5 Å². The zero-order valence-corrected chi connectivity index (χ0v) is 20.3. The average molecular weight is 573 g/mol. The fraction of sp³-hybridized carbons (Fsp3) is 0.381. The van der Waals surface area contributed by atoms with E-state index in [9.17, 15) is 0 Å². The van der Waals surface area contributed by atoms with Gasteiger partial charge in [0.2, 0.25) is 6.79 Å². The van der Waals surface area contributed by atoms with Crippen molar-refractivity contribution >= 4 is 51.6 Å². The Morgan fingerprint density at radius 1 is 1.17 bits per heavy atom. The van der Waals surface area contributed by atoms with Gasteiger partial charge in [0.25, 0.3) is 0 Å². The lowest BCUT2D eigenvalue weighted by Crippen LogP contribution is -2.39. The van der Waals surface area contributed by atoms with E-state index in [0.29, 0.717) is 19.3 Å². The molecule has 0 bridgehead atoms. The van der Waals surface area contributed by atoms with Crippen LogP contribution in [0.25, 0.3) is 0 Å². The summed E-state index contributed by atoms with van der Waals surface area (Å²) in [5.41, 5.74) is 2.41. The van der Waals surface area contributed by atoms with Gasteiger partial charge in [0.05, 0.1) is 0 Å². The number of ether oxygens (including phenoxy) is 2. The maximum absolute atomic E-state index is 5.44. The number of rotatable bonds is 5. The minimum atomic E-state index is 0. The first-order chi connectivity index (χ1) is 13.7. The number of nitrogens with one attached hydrogen (secondary N) is 2. The van der Waals surface area contributed by atoms with Crippen LogP contribution in [0.2, 0.25) is 0 Å². The Morgan fingerprint density at radius 3 is 2.86 bits per heavy atom. The van der Waals surface area contributed by atoms with Gasteiger partial charge >= 0.3 is 0 Å². The molecular weight excluding hydrogens is 547 g/mol. The number of aliphatic imine (C=N–C) groups is 1. The molecule has 2 aromatic carbocycles. The van der Waals surface area contributed by atoms with Crippen molar-refractivity contribution in [3.8, 4) is 11.5 Å². The second-order valence-corrected chi connectivity index (χ2v) is 7.99. The first-order valence-electron chi connectivity index (χ1n) is 9.55. The number of fused-ring (bicyclic) bond motifs is 1. The van der Waals surface area contributed by atoms with Crippen LogP contribution < -0.4 is 25.0 Å². The SMILES string of the molecule is CN=C(NCc1ccc2c(c1)OCO2)NCC1CCN(c2cccc(Br)c2)C1.I. The molecule has 0 aromatic heterocycles. The molecule has 0 saturated carbocycles. The average Bonchev–Trinajstić information content (AvgIpc) is 3.37. The lowest BCUT2D eigenvalue weighted by molar-refractivity contribution is 0.174. The second-order valence-electron chi connectivity index (χ2n) is 7.07. The monoisotopic (exact) mass is 572 g/mol. The molecule has 2 heterocycles. The molecule has 1 fully saturated rings. The fourth-order valence-corrected chi connectivity index (χ4v) is 3.99. The number of anilines is 1. The van der Waals surface area contributed by atoms with Crippen molar-refractivity contribution in [3.05, 3.63) is 52.5 Å². The third-order valence-electron chi connectivity index (χ3n) is 5.14. The molecule has 2 N–H and O–H groups in total. The van der Waals surface area contributed by atoms with E-state index in [1.54, 1.807) is 7.05 Å². The predicted octanol–water partition coefficient (Wildman–Crippen LogP) is 3.99. The molecule has 1 unspecified atom stereocenters. The van der Waals surface area contributed by atoms with Crippen molar-refractivity contribution in [1.29, 1.82) is 0 Å². The van der Waals surface area contributed by atoms with Gasteiger partial charge in [-0.15, -0.1) is 24.0 Å². The molecule has 29 heavy (non-hydrogen) atoms. The molecular formula is C21H26BrIN4O2. The third kappa shape index (κ3) is 5.69. The molecule has 0 radical (unpaired) electrons. The maximum Gasteiger partial charge on any atom is 0.231 e. The van der Waals surface area contributed by atoms with Gasteiger partial charge < -0.3 is 25.0 Å². The van der Waals surface area contributed by atoms with Gasteiger partial charge in [-0.1, -0.05) is 28.1 Å². The Kier molecular flexibility index (Phi) is 7.88. The summed E-state index contributed by atoms with van der Waals surface area (Å²) in [6.07, 6.45) is 1.18. The minimum absolute atomic E-state index is 0. The maximum atomic E-state index is 5.44. The van der Waals surface area contributed by atoms with Gasteiger partial charge in [-0.05, 0) is 48.2 Å². The Bertz CT molecular complexity index is 864. The summed E-state index contributed by atoms with van der Waals surface area (Å²) in [5, 5.41) is 6.84. The largest absolute Gasteiger partial charge is 0.454 e. The van der Waals surface area contributed by atoms with Crippen LogP contribution in [0.5, 0.6) is 11.5 Å². The lowest BCUT2D eigenvalue weighted by atomic mass is 10.1. The van der Waals surface area contributed by atoms with E-state index in [-0.39, 0.29) is 24.0 Å². The summed E-state index contributed by atoms with van der Waals surface area (Å²) in [7, 11) is 1.80. The number of halogens is 2. The first-order valence-corrected chi connectivity index (χ1v) is 10.3. The highest BCUT2D eigenvalue weighted by atomic mass is 127. The molecule has 156 valence electrons. The van der Waals surface area contributed by atoms with Crippen molar-refractivity contribution in [2.24, 2.45) is 10.9 Å². The highest BCUT2D eigenvalue weighted by molar-refractivity contribution is 14.0. The van der Waals surface area contributed by atoms with E-state index in [4.69, 9.17) is 9.47 Å². The fourth-order valence-electron chi connectivity index (χ4n) is 3.60. The van der Waals surface area contributed by atoms with Crippen molar-refractivity contribution in [1.82, 2.24) is 10.6 Å². The molecule has 8 heteroatoms. The third-order valence-corrected chi connectivity index (χ3v) is 5.63. The molecule has 2 aliphatic heterocycles. The Morgan fingerprint density at radius 2 is 2.03 bits per heavy atom. The molecule has 0 spiro atoms.